The summed E-state index contributed by atoms with van der Waals surface area (Å²) in [7, 11) is 0. The van der Waals surface area contributed by atoms with Gasteiger partial charge >= 0.3 is 0 Å². The Morgan fingerprint density at radius 2 is 2.06 bits per heavy atom. The van der Waals surface area contributed by atoms with E-state index in [2.05, 4.69) is 16.3 Å². The topological polar surface area (TPSA) is 24.5 Å². The van der Waals surface area contributed by atoms with Crippen molar-refractivity contribution in [2.45, 2.75) is 26.5 Å². The number of nitrogens with zero attached hydrogens (tertiary/aromatic N) is 1. The number of benzene rings is 1. The molecule has 0 aliphatic carbocycles. The molecule has 0 atom stereocenters. The molecule has 1 heterocycles. The summed E-state index contributed by atoms with van der Waals surface area (Å²) in [5, 5.41) is 4.15. The number of halogens is 1. The number of ether oxygens (including phenoxy) is 1. The molecule has 18 heavy (non-hydrogen) atoms. The van der Waals surface area contributed by atoms with Gasteiger partial charge in [-0.15, -0.1) is 0 Å². The van der Waals surface area contributed by atoms with Crippen molar-refractivity contribution in [3.63, 3.8) is 0 Å². The molecule has 0 bridgehead atoms. The Hall–Kier alpha value is -0.770. The second-order valence-electron chi connectivity index (χ2n) is 4.95. The van der Waals surface area contributed by atoms with Crippen molar-refractivity contribution in [3.05, 3.63) is 28.8 Å². The van der Waals surface area contributed by atoms with Gasteiger partial charge in [0.05, 0.1) is 6.10 Å². The molecule has 1 N–H and O–H groups in total. The van der Waals surface area contributed by atoms with Crippen LogP contribution >= 0.6 is 11.6 Å². The van der Waals surface area contributed by atoms with Crippen LogP contribution in [0.1, 0.15) is 19.4 Å². The van der Waals surface area contributed by atoms with Crippen LogP contribution in [0.3, 0.4) is 0 Å². The maximum atomic E-state index is 6.31. The average molecular weight is 269 g/mol. The fourth-order valence-electron chi connectivity index (χ4n) is 2.11. The van der Waals surface area contributed by atoms with E-state index in [1.54, 1.807) is 0 Å². The Morgan fingerprint density at radius 1 is 1.33 bits per heavy atom. The first-order valence-electron chi connectivity index (χ1n) is 6.53. The molecular formula is C14H21ClN2O. The quantitative estimate of drug-likeness (QED) is 0.908. The van der Waals surface area contributed by atoms with E-state index in [0.717, 1.165) is 43.5 Å². The molecule has 0 aromatic heterocycles. The maximum Gasteiger partial charge on any atom is 0.121 e. The van der Waals surface area contributed by atoms with Gasteiger partial charge in [-0.05, 0) is 31.5 Å². The van der Waals surface area contributed by atoms with E-state index in [1.165, 1.54) is 5.56 Å². The highest BCUT2D eigenvalue weighted by Crippen LogP contribution is 2.24. The molecule has 4 heteroatoms. The number of hydrogen-bond donors (Lipinski definition) is 1. The van der Waals surface area contributed by atoms with Gasteiger partial charge in [0.15, 0.2) is 0 Å². The highest BCUT2D eigenvalue weighted by Gasteiger charge is 2.12. The summed E-state index contributed by atoms with van der Waals surface area (Å²) in [6.45, 7) is 9.24. The molecule has 0 spiro atoms. The van der Waals surface area contributed by atoms with Crippen LogP contribution < -0.4 is 10.1 Å². The molecule has 1 aliphatic heterocycles. The zero-order valence-corrected chi connectivity index (χ0v) is 11.8. The van der Waals surface area contributed by atoms with Gasteiger partial charge in [-0.3, -0.25) is 4.90 Å². The van der Waals surface area contributed by atoms with E-state index in [-0.39, 0.29) is 6.10 Å². The van der Waals surface area contributed by atoms with E-state index >= 15 is 0 Å². The third-order valence-corrected chi connectivity index (χ3v) is 3.35. The van der Waals surface area contributed by atoms with E-state index in [4.69, 9.17) is 16.3 Å². The summed E-state index contributed by atoms with van der Waals surface area (Å²) < 4.78 is 5.63. The molecule has 0 radical (unpaired) electrons. The fourth-order valence-corrected chi connectivity index (χ4v) is 2.34. The van der Waals surface area contributed by atoms with Crippen molar-refractivity contribution in [2.24, 2.45) is 0 Å². The second-order valence-corrected chi connectivity index (χ2v) is 5.35. The molecule has 0 saturated carbocycles. The predicted octanol–water partition coefficient (Wildman–Crippen LogP) is 2.53. The molecule has 1 saturated heterocycles. The lowest BCUT2D eigenvalue weighted by atomic mass is 10.2. The Balaban J connectivity index is 2.00. The maximum absolute atomic E-state index is 6.31. The van der Waals surface area contributed by atoms with Crippen LogP contribution in [0.15, 0.2) is 18.2 Å². The van der Waals surface area contributed by atoms with Crippen LogP contribution in [0.25, 0.3) is 0 Å². The first-order chi connectivity index (χ1) is 8.65. The van der Waals surface area contributed by atoms with Gasteiger partial charge in [0.1, 0.15) is 5.75 Å². The molecule has 100 valence electrons. The van der Waals surface area contributed by atoms with Crippen LogP contribution in [0.4, 0.5) is 0 Å². The Bertz CT molecular complexity index is 389. The van der Waals surface area contributed by atoms with Crippen molar-refractivity contribution in [1.29, 1.82) is 0 Å². The van der Waals surface area contributed by atoms with Gasteiger partial charge in [0, 0.05) is 37.7 Å². The molecule has 1 aliphatic rings. The first kappa shape index (κ1) is 13.7. The van der Waals surface area contributed by atoms with Gasteiger partial charge in [-0.1, -0.05) is 17.7 Å². The summed E-state index contributed by atoms with van der Waals surface area (Å²) in [6, 6.07) is 5.99. The summed E-state index contributed by atoms with van der Waals surface area (Å²) in [4.78, 5) is 2.42. The van der Waals surface area contributed by atoms with Crippen LogP contribution in [0.2, 0.25) is 5.02 Å². The molecule has 0 amide bonds. The molecule has 2 rings (SSSR count). The lowest BCUT2D eigenvalue weighted by molar-refractivity contribution is 0.232. The summed E-state index contributed by atoms with van der Waals surface area (Å²) in [5.74, 6) is 0.846. The Kier molecular flexibility index (Phi) is 4.87. The zero-order valence-electron chi connectivity index (χ0n) is 11.1. The summed E-state index contributed by atoms with van der Waals surface area (Å²) >= 11 is 6.31. The van der Waals surface area contributed by atoms with Crippen LogP contribution in [-0.4, -0.2) is 37.2 Å². The summed E-state index contributed by atoms with van der Waals surface area (Å²) in [6.07, 6.45) is 0.181. The summed E-state index contributed by atoms with van der Waals surface area (Å²) in [5.41, 5.74) is 1.18. The van der Waals surface area contributed by atoms with Crippen molar-refractivity contribution in [1.82, 2.24) is 10.2 Å². The van der Waals surface area contributed by atoms with E-state index in [0.29, 0.717) is 0 Å². The second kappa shape index (κ2) is 6.41. The Labute approximate surface area is 114 Å². The van der Waals surface area contributed by atoms with Gasteiger partial charge in [0.2, 0.25) is 0 Å². The van der Waals surface area contributed by atoms with Crippen molar-refractivity contribution in [2.75, 3.05) is 26.2 Å². The van der Waals surface area contributed by atoms with Crippen LogP contribution in [-0.2, 0) is 6.54 Å². The molecule has 0 unspecified atom stereocenters. The molecule has 3 nitrogen and oxygen atoms in total. The van der Waals surface area contributed by atoms with Crippen LogP contribution in [0.5, 0.6) is 5.75 Å². The van der Waals surface area contributed by atoms with E-state index in [9.17, 15) is 0 Å². The predicted molar refractivity (Wildman–Crippen MR) is 75.4 cm³/mol. The molecule has 1 fully saturated rings. The average Bonchev–Trinajstić information content (AvgIpc) is 2.33. The van der Waals surface area contributed by atoms with Gasteiger partial charge in [-0.2, -0.15) is 0 Å². The lowest BCUT2D eigenvalue weighted by Crippen LogP contribution is -2.42. The molecular weight excluding hydrogens is 248 g/mol. The Morgan fingerprint density at radius 3 is 2.67 bits per heavy atom. The number of hydrogen-bond acceptors (Lipinski definition) is 3. The minimum Gasteiger partial charge on any atom is -0.491 e. The third kappa shape index (κ3) is 3.87. The van der Waals surface area contributed by atoms with Gasteiger partial charge in [0.25, 0.3) is 0 Å². The van der Waals surface area contributed by atoms with E-state index in [1.807, 2.05) is 26.0 Å². The van der Waals surface area contributed by atoms with Gasteiger partial charge in [-0.25, -0.2) is 0 Å². The number of rotatable bonds is 4. The standard InChI is InChI=1S/C14H21ClN2O/c1-11(2)18-13-4-3-12(14(15)9-13)10-17-7-5-16-6-8-17/h3-4,9,11,16H,5-8,10H2,1-2H3. The minimum atomic E-state index is 0.181. The van der Waals surface area contributed by atoms with Crippen molar-refractivity contribution >= 4 is 11.6 Å². The van der Waals surface area contributed by atoms with Crippen molar-refractivity contribution in [3.8, 4) is 5.75 Å². The normalized spacial score (nSPS) is 17.1. The smallest absolute Gasteiger partial charge is 0.121 e. The van der Waals surface area contributed by atoms with Crippen molar-refractivity contribution < 1.29 is 4.74 Å². The highest BCUT2D eigenvalue weighted by molar-refractivity contribution is 6.31. The monoisotopic (exact) mass is 268 g/mol. The molecule has 1 aromatic carbocycles. The number of nitrogens with one attached hydrogen (secondary N) is 1. The number of piperazine rings is 1. The first-order valence-corrected chi connectivity index (χ1v) is 6.91. The SMILES string of the molecule is CC(C)Oc1ccc(CN2CCNCC2)c(Cl)c1. The van der Waals surface area contributed by atoms with Gasteiger partial charge < -0.3 is 10.1 Å². The van der Waals surface area contributed by atoms with E-state index < -0.39 is 0 Å². The highest BCUT2D eigenvalue weighted by atomic mass is 35.5. The lowest BCUT2D eigenvalue weighted by Gasteiger charge is -2.27. The fraction of sp³-hybridized carbons (Fsp3) is 0.571. The minimum absolute atomic E-state index is 0.181. The third-order valence-electron chi connectivity index (χ3n) is 3.00. The molecule has 1 aromatic rings. The largest absolute Gasteiger partial charge is 0.491 e. The zero-order chi connectivity index (χ0) is 13.0. The van der Waals surface area contributed by atoms with Crippen LogP contribution in [0, 0.1) is 0 Å².